The number of methoxy groups -OCH3 is 1. The van der Waals surface area contributed by atoms with Gasteiger partial charge in [-0.25, -0.2) is 0 Å². The number of nitrogens with zero attached hydrogens (tertiary/aromatic N) is 3. The molecule has 0 saturated heterocycles. The average molecular weight is 335 g/mol. The van der Waals surface area contributed by atoms with E-state index in [-0.39, 0.29) is 16.7 Å². The van der Waals surface area contributed by atoms with Crippen molar-refractivity contribution in [3.63, 3.8) is 0 Å². The Balaban J connectivity index is 2.57. The van der Waals surface area contributed by atoms with Gasteiger partial charge in [-0.15, -0.1) is 4.58 Å². The standard InChI is InChI=1S/C17H27N4OS/c1-11-12(2)23-15(20(11)8-9-22-7)21(10-18)14(19)13-16(3,4)17(13,5)6/h13,19H,8-9H2,1-7H3/q+1. The minimum atomic E-state index is 0.0396. The van der Waals surface area contributed by atoms with Gasteiger partial charge in [-0.05, 0) is 29.9 Å². The van der Waals surface area contributed by atoms with Crippen LogP contribution in [0, 0.1) is 47.5 Å². The molecule has 1 heterocycles. The SMILES string of the molecule is COCCn1c(C)c(C)s/c1=[N+](\C#N)C(=N)C1C(C)(C)C1(C)C. The first-order chi connectivity index (χ1) is 10.6. The number of aromatic nitrogens is 1. The molecule has 6 heteroatoms. The number of aryl methyl sites for hydroxylation is 1. The van der Waals surface area contributed by atoms with Crippen LogP contribution in [0.2, 0.25) is 0 Å². The molecule has 0 spiro atoms. The number of thiazole rings is 1. The Labute approximate surface area is 142 Å². The van der Waals surface area contributed by atoms with Gasteiger partial charge in [0.1, 0.15) is 0 Å². The van der Waals surface area contributed by atoms with E-state index in [9.17, 15) is 5.26 Å². The van der Waals surface area contributed by atoms with Gasteiger partial charge >= 0.3 is 6.19 Å². The minimum absolute atomic E-state index is 0.0396. The van der Waals surface area contributed by atoms with Crippen molar-refractivity contribution < 1.29 is 4.74 Å². The summed E-state index contributed by atoms with van der Waals surface area (Å²) in [5.74, 6) is 0.489. The van der Waals surface area contributed by atoms with Crippen LogP contribution in [0.1, 0.15) is 38.3 Å². The molecule has 1 saturated carbocycles. The average Bonchev–Trinajstić information content (AvgIpc) is 2.70. The van der Waals surface area contributed by atoms with E-state index in [0.29, 0.717) is 19.0 Å². The molecule has 1 N–H and O–H groups in total. The summed E-state index contributed by atoms with van der Waals surface area (Å²) in [6.45, 7) is 14.1. The lowest BCUT2D eigenvalue weighted by Crippen LogP contribution is -2.37. The van der Waals surface area contributed by atoms with Gasteiger partial charge in [-0.3, -0.25) is 4.57 Å². The first kappa shape index (κ1) is 17.9. The summed E-state index contributed by atoms with van der Waals surface area (Å²) >= 11 is 1.57. The van der Waals surface area contributed by atoms with Gasteiger partial charge < -0.3 is 4.74 Å². The van der Waals surface area contributed by atoms with E-state index >= 15 is 0 Å². The van der Waals surface area contributed by atoms with Crippen molar-refractivity contribution in [1.82, 2.24) is 9.14 Å². The predicted molar refractivity (Wildman–Crippen MR) is 93.3 cm³/mol. The van der Waals surface area contributed by atoms with Crippen molar-refractivity contribution in [3.05, 3.63) is 15.4 Å². The van der Waals surface area contributed by atoms with Crippen molar-refractivity contribution in [1.29, 1.82) is 10.7 Å². The third-order valence-electron chi connectivity index (χ3n) is 5.74. The fourth-order valence-electron chi connectivity index (χ4n) is 3.42. The van der Waals surface area contributed by atoms with Crippen molar-refractivity contribution in [2.24, 2.45) is 16.7 Å². The van der Waals surface area contributed by atoms with E-state index < -0.39 is 0 Å². The molecule has 0 aromatic carbocycles. The fraction of sp³-hybridized carbons (Fsp3) is 0.706. The molecule has 1 aromatic heterocycles. The summed E-state index contributed by atoms with van der Waals surface area (Å²) in [6.07, 6.45) is 2.23. The van der Waals surface area contributed by atoms with Gasteiger partial charge in [-0.2, -0.15) is 5.41 Å². The molecule has 0 bridgehead atoms. The minimum Gasteiger partial charge on any atom is -0.382 e. The highest BCUT2D eigenvalue weighted by atomic mass is 32.1. The highest BCUT2D eigenvalue weighted by Crippen LogP contribution is 2.68. The molecule has 0 aliphatic heterocycles. The lowest BCUT2D eigenvalue weighted by atomic mass is 10.0. The largest absolute Gasteiger partial charge is 0.382 e. The maximum atomic E-state index is 9.71. The van der Waals surface area contributed by atoms with Crippen LogP contribution in [-0.2, 0) is 11.3 Å². The highest BCUT2D eigenvalue weighted by Gasteiger charge is 2.68. The number of nitrogens with one attached hydrogen (secondary N) is 1. The van der Waals surface area contributed by atoms with Gasteiger partial charge in [0.2, 0.25) is 5.84 Å². The van der Waals surface area contributed by atoms with Crippen LogP contribution < -0.4 is 9.38 Å². The third kappa shape index (κ3) is 2.66. The molecular formula is C17H27N4OS+. The molecule has 5 nitrogen and oxygen atoms in total. The lowest BCUT2D eigenvalue weighted by Gasteiger charge is -2.05. The van der Waals surface area contributed by atoms with E-state index in [1.807, 2.05) is 0 Å². The number of amidine groups is 1. The monoisotopic (exact) mass is 335 g/mol. The summed E-state index contributed by atoms with van der Waals surface area (Å²) in [5, 5.41) is 18.3. The van der Waals surface area contributed by atoms with Crippen LogP contribution in [0.3, 0.4) is 0 Å². The second kappa shape index (κ2) is 5.88. The van der Waals surface area contributed by atoms with Gasteiger partial charge in [0.25, 0.3) is 4.80 Å². The van der Waals surface area contributed by atoms with Crippen LogP contribution in [0.5, 0.6) is 0 Å². The predicted octanol–water partition coefficient (Wildman–Crippen LogP) is 2.73. The zero-order chi connectivity index (χ0) is 17.6. The van der Waals surface area contributed by atoms with Gasteiger partial charge in [0, 0.05) is 12.0 Å². The molecule has 23 heavy (non-hydrogen) atoms. The maximum absolute atomic E-state index is 9.71. The molecule has 0 atom stereocenters. The van der Waals surface area contributed by atoms with E-state index in [2.05, 4.69) is 52.3 Å². The van der Waals surface area contributed by atoms with Crippen molar-refractivity contribution >= 4 is 17.2 Å². The first-order valence-corrected chi connectivity index (χ1v) is 8.70. The second-order valence-corrected chi connectivity index (χ2v) is 8.55. The molecule has 1 aliphatic rings. The molecule has 1 aromatic rings. The zero-order valence-electron chi connectivity index (χ0n) is 15.1. The van der Waals surface area contributed by atoms with E-state index in [0.717, 1.165) is 10.5 Å². The Bertz CT molecular complexity index is 732. The summed E-state index contributed by atoms with van der Waals surface area (Å²) in [6, 6.07) is 0. The maximum Gasteiger partial charge on any atom is 0.332 e. The Morgan fingerprint density at radius 1 is 1.35 bits per heavy atom. The molecule has 0 unspecified atom stereocenters. The van der Waals surface area contributed by atoms with Crippen LogP contribution in [0.25, 0.3) is 0 Å². The quantitative estimate of drug-likeness (QED) is 0.302. The first-order valence-electron chi connectivity index (χ1n) is 7.88. The molecule has 1 fully saturated rings. The van der Waals surface area contributed by atoms with Crippen molar-refractivity contribution in [3.8, 4) is 6.19 Å². The van der Waals surface area contributed by atoms with Gasteiger partial charge in [-0.1, -0.05) is 39.0 Å². The van der Waals surface area contributed by atoms with Crippen LogP contribution in [-0.4, -0.2) is 24.1 Å². The van der Waals surface area contributed by atoms with E-state index in [4.69, 9.17) is 10.1 Å². The molecule has 0 amide bonds. The molecule has 1 aliphatic carbocycles. The Kier molecular flexibility index (Phi) is 4.57. The number of rotatable bonds is 4. The normalized spacial score (nSPS) is 20.1. The van der Waals surface area contributed by atoms with Crippen LogP contribution in [0.15, 0.2) is 0 Å². The molecule has 0 radical (unpaired) electrons. The second-order valence-electron chi connectivity index (χ2n) is 7.37. The molecule has 126 valence electrons. The van der Waals surface area contributed by atoms with E-state index in [1.54, 1.807) is 18.4 Å². The number of ether oxygens (including phenoxy) is 1. The molecule has 2 rings (SSSR count). The molecular weight excluding hydrogens is 308 g/mol. The van der Waals surface area contributed by atoms with Crippen LogP contribution >= 0.6 is 11.3 Å². The Morgan fingerprint density at radius 2 is 1.91 bits per heavy atom. The zero-order valence-corrected chi connectivity index (χ0v) is 16.0. The van der Waals surface area contributed by atoms with Crippen molar-refractivity contribution in [2.45, 2.75) is 48.1 Å². The Hall–Kier alpha value is -1.45. The summed E-state index contributed by atoms with van der Waals surface area (Å²) in [7, 11) is 1.67. The van der Waals surface area contributed by atoms with Gasteiger partial charge in [0.05, 0.1) is 24.8 Å². The smallest absolute Gasteiger partial charge is 0.332 e. The number of nitriles is 1. The lowest BCUT2D eigenvalue weighted by molar-refractivity contribution is 0.185. The number of hydrogen-bond donors (Lipinski definition) is 1. The van der Waals surface area contributed by atoms with Crippen LogP contribution in [0.4, 0.5) is 0 Å². The van der Waals surface area contributed by atoms with Crippen molar-refractivity contribution in [2.75, 3.05) is 13.7 Å². The van der Waals surface area contributed by atoms with Gasteiger partial charge in [0.15, 0.2) is 0 Å². The topological polar surface area (TPSA) is 64.8 Å². The fourth-order valence-corrected chi connectivity index (χ4v) is 4.52. The number of hydrogen-bond acceptors (Lipinski definition) is 4. The highest BCUT2D eigenvalue weighted by molar-refractivity contribution is 7.09. The van der Waals surface area contributed by atoms with E-state index in [1.165, 1.54) is 9.45 Å². The summed E-state index contributed by atoms with van der Waals surface area (Å²) < 4.78 is 8.78. The third-order valence-corrected chi connectivity index (χ3v) is 6.92. The summed E-state index contributed by atoms with van der Waals surface area (Å²) in [4.78, 5) is 1.97. The summed E-state index contributed by atoms with van der Waals surface area (Å²) in [5.41, 5.74) is 1.21. The Morgan fingerprint density at radius 3 is 2.35 bits per heavy atom.